The van der Waals surface area contributed by atoms with Gasteiger partial charge in [0.05, 0.1) is 16.6 Å². The number of nitrogens with zero attached hydrogens (tertiary/aromatic N) is 3. The molecule has 2 fully saturated rings. The molecule has 6 heteroatoms. The van der Waals surface area contributed by atoms with Crippen LogP contribution in [0.5, 0.6) is 0 Å². The van der Waals surface area contributed by atoms with E-state index in [4.69, 9.17) is 10.7 Å². The van der Waals surface area contributed by atoms with Gasteiger partial charge in [-0.05, 0) is 98.4 Å². The maximum Gasteiger partial charge on any atom is 0.248 e. The van der Waals surface area contributed by atoms with Crippen molar-refractivity contribution in [2.75, 3.05) is 0 Å². The Kier molecular flexibility index (Phi) is 5.12. The van der Waals surface area contributed by atoms with Crippen LogP contribution in [-0.2, 0) is 0 Å². The summed E-state index contributed by atoms with van der Waals surface area (Å²) in [5.41, 5.74) is 10.1. The summed E-state index contributed by atoms with van der Waals surface area (Å²) in [6, 6.07) is 13.0. The van der Waals surface area contributed by atoms with Gasteiger partial charge in [-0.3, -0.25) is 9.78 Å². The average Bonchev–Trinajstić information content (AvgIpc) is 3.62. The SMILES string of the molecule is C[C@@H](c1nc2ccc(C(N)=O)cc2n1C1CC1)C1CCC(c2ccnc3ccc(F)cc23)CC1. The molecule has 174 valence electrons. The van der Waals surface area contributed by atoms with Gasteiger partial charge in [-0.25, -0.2) is 9.37 Å². The smallest absolute Gasteiger partial charge is 0.248 e. The molecule has 34 heavy (non-hydrogen) atoms. The second kappa shape index (κ2) is 8.19. The number of hydrogen-bond acceptors (Lipinski definition) is 3. The number of hydrogen-bond donors (Lipinski definition) is 1. The van der Waals surface area contributed by atoms with Crippen molar-refractivity contribution in [1.29, 1.82) is 0 Å². The molecule has 5 nitrogen and oxygen atoms in total. The highest BCUT2D eigenvalue weighted by atomic mass is 19.1. The summed E-state index contributed by atoms with van der Waals surface area (Å²) in [5.74, 6) is 1.84. The van der Waals surface area contributed by atoms with E-state index in [2.05, 4.69) is 22.5 Å². The second-order valence-corrected chi connectivity index (χ2v) is 10.1. The zero-order valence-corrected chi connectivity index (χ0v) is 19.4. The molecule has 6 rings (SSSR count). The molecule has 2 heterocycles. The lowest BCUT2D eigenvalue weighted by atomic mass is 9.73. The van der Waals surface area contributed by atoms with Crippen molar-refractivity contribution in [2.45, 2.75) is 63.3 Å². The molecule has 0 radical (unpaired) electrons. The van der Waals surface area contributed by atoms with Crippen molar-refractivity contribution < 1.29 is 9.18 Å². The summed E-state index contributed by atoms with van der Waals surface area (Å²) in [4.78, 5) is 21.2. The number of nitrogens with two attached hydrogens (primary N) is 1. The number of primary amides is 1. The second-order valence-electron chi connectivity index (χ2n) is 10.1. The first-order valence-corrected chi connectivity index (χ1v) is 12.4. The number of benzene rings is 2. The van der Waals surface area contributed by atoms with Gasteiger partial charge in [0.1, 0.15) is 11.6 Å². The molecule has 2 aromatic carbocycles. The van der Waals surface area contributed by atoms with E-state index < -0.39 is 5.91 Å². The first-order valence-electron chi connectivity index (χ1n) is 12.4. The highest BCUT2D eigenvalue weighted by Gasteiger charge is 2.34. The van der Waals surface area contributed by atoms with Gasteiger partial charge in [-0.1, -0.05) is 6.92 Å². The van der Waals surface area contributed by atoms with Crippen LogP contribution < -0.4 is 5.73 Å². The van der Waals surface area contributed by atoms with Crippen LogP contribution in [0.3, 0.4) is 0 Å². The monoisotopic (exact) mass is 456 g/mol. The van der Waals surface area contributed by atoms with Crippen LogP contribution in [0.15, 0.2) is 48.7 Å². The van der Waals surface area contributed by atoms with Crippen LogP contribution in [0, 0.1) is 11.7 Å². The Morgan fingerprint density at radius 3 is 2.53 bits per heavy atom. The molecule has 2 saturated carbocycles. The normalized spacial score (nSPS) is 21.7. The van der Waals surface area contributed by atoms with Crippen molar-refractivity contribution in [3.05, 3.63) is 71.4 Å². The molecule has 4 aromatic rings. The van der Waals surface area contributed by atoms with Crippen LogP contribution in [0.4, 0.5) is 4.39 Å². The number of carbonyl (C=O) groups excluding carboxylic acids is 1. The van der Waals surface area contributed by atoms with Crippen molar-refractivity contribution in [1.82, 2.24) is 14.5 Å². The van der Waals surface area contributed by atoms with Crippen LogP contribution in [0.2, 0.25) is 0 Å². The fourth-order valence-electron chi connectivity index (χ4n) is 5.94. The highest BCUT2D eigenvalue weighted by molar-refractivity contribution is 5.96. The zero-order chi connectivity index (χ0) is 23.4. The lowest BCUT2D eigenvalue weighted by molar-refractivity contribution is 0.100. The van der Waals surface area contributed by atoms with Crippen molar-refractivity contribution in [3.8, 4) is 0 Å². The Labute approximate surface area is 198 Å². The number of halogens is 1. The van der Waals surface area contributed by atoms with Crippen LogP contribution in [0.1, 0.15) is 85.1 Å². The number of carbonyl (C=O) groups is 1. The summed E-state index contributed by atoms with van der Waals surface area (Å²) >= 11 is 0. The van der Waals surface area contributed by atoms with Crippen LogP contribution in [0.25, 0.3) is 21.9 Å². The molecule has 0 aliphatic heterocycles. The van der Waals surface area contributed by atoms with E-state index >= 15 is 0 Å². The Bertz CT molecular complexity index is 1400. The Morgan fingerprint density at radius 1 is 1.03 bits per heavy atom. The lowest BCUT2D eigenvalue weighted by Gasteiger charge is -2.33. The lowest BCUT2D eigenvalue weighted by Crippen LogP contribution is -2.21. The molecule has 0 spiro atoms. The Morgan fingerprint density at radius 2 is 1.79 bits per heavy atom. The maximum absolute atomic E-state index is 13.9. The van der Waals surface area contributed by atoms with Gasteiger partial charge in [0.2, 0.25) is 5.91 Å². The Hall–Kier alpha value is -3.28. The molecular formula is C28H29FN4O. The van der Waals surface area contributed by atoms with E-state index in [0.29, 0.717) is 29.4 Å². The van der Waals surface area contributed by atoms with E-state index in [1.807, 2.05) is 18.3 Å². The van der Waals surface area contributed by atoms with E-state index in [1.165, 1.54) is 11.6 Å². The van der Waals surface area contributed by atoms with Gasteiger partial charge in [-0.15, -0.1) is 0 Å². The summed E-state index contributed by atoms with van der Waals surface area (Å²) in [7, 11) is 0. The molecule has 2 aromatic heterocycles. The standard InChI is InChI=1S/C28H29FN4O/c1-16(28-32-25-10-6-19(27(30)34)14-26(25)33(28)21-8-9-21)17-2-4-18(5-3-17)22-12-13-31-24-11-7-20(29)15-23(22)24/h6-7,10-18,21H,2-5,8-9H2,1H3,(H2,30,34)/t16-,17?,18?/m1/s1. The number of imidazole rings is 1. The molecule has 0 unspecified atom stereocenters. The largest absolute Gasteiger partial charge is 0.366 e. The molecule has 2 aliphatic rings. The quantitative estimate of drug-likeness (QED) is 0.387. The zero-order valence-electron chi connectivity index (χ0n) is 19.4. The average molecular weight is 457 g/mol. The number of pyridine rings is 1. The fraction of sp³-hybridized carbons (Fsp3) is 0.393. The molecule has 0 saturated heterocycles. The van der Waals surface area contributed by atoms with Gasteiger partial charge in [0.25, 0.3) is 0 Å². The maximum atomic E-state index is 13.9. The van der Waals surface area contributed by atoms with E-state index in [-0.39, 0.29) is 5.82 Å². The highest BCUT2D eigenvalue weighted by Crippen LogP contribution is 2.46. The number of fused-ring (bicyclic) bond motifs is 2. The third-order valence-electron chi connectivity index (χ3n) is 7.98. The number of aromatic nitrogens is 3. The van der Waals surface area contributed by atoms with Gasteiger partial charge < -0.3 is 10.3 Å². The van der Waals surface area contributed by atoms with Crippen molar-refractivity contribution in [2.24, 2.45) is 11.7 Å². The van der Waals surface area contributed by atoms with E-state index in [1.54, 1.807) is 18.2 Å². The molecule has 2 aliphatic carbocycles. The number of rotatable bonds is 5. The fourth-order valence-corrected chi connectivity index (χ4v) is 5.94. The van der Waals surface area contributed by atoms with Crippen LogP contribution in [-0.4, -0.2) is 20.4 Å². The molecule has 0 bridgehead atoms. The third-order valence-corrected chi connectivity index (χ3v) is 7.98. The first-order chi connectivity index (χ1) is 16.5. The van der Waals surface area contributed by atoms with Gasteiger partial charge in [0.15, 0.2) is 0 Å². The molecule has 2 N–H and O–H groups in total. The summed E-state index contributed by atoms with van der Waals surface area (Å²) in [5, 5.41) is 0.944. The van der Waals surface area contributed by atoms with Gasteiger partial charge >= 0.3 is 0 Å². The molecular weight excluding hydrogens is 427 g/mol. The summed E-state index contributed by atoms with van der Waals surface area (Å²) in [6.07, 6.45) is 8.56. The Balaban J connectivity index is 1.26. The van der Waals surface area contributed by atoms with Gasteiger partial charge in [-0.2, -0.15) is 0 Å². The van der Waals surface area contributed by atoms with E-state index in [9.17, 15) is 9.18 Å². The van der Waals surface area contributed by atoms with Crippen molar-refractivity contribution >= 4 is 27.8 Å². The van der Waals surface area contributed by atoms with Gasteiger partial charge in [0, 0.05) is 29.1 Å². The predicted octanol–water partition coefficient (Wildman–Crippen LogP) is 6.23. The minimum Gasteiger partial charge on any atom is -0.366 e. The van der Waals surface area contributed by atoms with E-state index in [0.717, 1.165) is 66.3 Å². The topological polar surface area (TPSA) is 73.8 Å². The molecule has 1 amide bonds. The minimum absolute atomic E-state index is 0.206. The van der Waals surface area contributed by atoms with Crippen molar-refractivity contribution in [3.63, 3.8) is 0 Å². The summed E-state index contributed by atoms with van der Waals surface area (Å²) in [6.45, 7) is 2.30. The predicted molar refractivity (Wildman–Crippen MR) is 131 cm³/mol. The molecule has 1 atom stereocenters. The first kappa shape index (κ1) is 21.3. The minimum atomic E-state index is -0.401. The number of amides is 1. The third kappa shape index (κ3) is 3.65. The summed E-state index contributed by atoms with van der Waals surface area (Å²) < 4.78 is 16.3. The van der Waals surface area contributed by atoms with Crippen LogP contribution >= 0.6 is 0 Å².